The highest BCUT2D eigenvalue weighted by atomic mass is 16.3. The lowest BCUT2D eigenvalue weighted by Gasteiger charge is -2.19. The van der Waals surface area contributed by atoms with Gasteiger partial charge in [-0.05, 0) is 44.9 Å². The van der Waals surface area contributed by atoms with Crippen LogP contribution < -0.4 is 5.32 Å². The van der Waals surface area contributed by atoms with Crippen LogP contribution in [0.2, 0.25) is 0 Å². The molecule has 4 nitrogen and oxygen atoms in total. The molecular weight excluding hydrogens is 867 g/mol. The van der Waals surface area contributed by atoms with Crippen molar-refractivity contribution in [2.75, 3.05) is 6.61 Å². The Kier molecular flexibility index (Phi) is 61.7. The Bertz CT molecular complexity index is 1080. The van der Waals surface area contributed by atoms with E-state index in [9.17, 15) is 15.0 Å². The van der Waals surface area contributed by atoms with Crippen LogP contribution in [0.15, 0.2) is 36.5 Å². The normalized spacial score (nSPS) is 12.9. The highest BCUT2D eigenvalue weighted by molar-refractivity contribution is 5.76. The van der Waals surface area contributed by atoms with E-state index in [0.717, 1.165) is 38.5 Å². The van der Waals surface area contributed by atoms with Crippen molar-refractivity contribution in [1.29, 1.82) is 0 Å². The van der Waals surface area contributed by atoms with Crippen molar-refractivity contribution in [3.05, 3.63) is 36.5 Å². The fraction of sp³-hybridized carbons (Fsp3) is 0.896. The maximum atomic E-state index is 12.5. The van der Waals surface area contributed by atoms with Gasteiger partial charge in [0.05, 0.1) is 18.8 Å². The van der Waals surface area contributed by atoms with Gasteiger partial charge in [0.15, 0.2) is 0 Å². The highest BCUT2D eigenvalue weighted by Crippen LogP contribution is 2.19. The fourth-order valence-electron chi connectivity index (χ4n) is 10.4. The average Bonchev–Trinajstić information content (AvgIpc) is 3.37. The van der Waals surface area contributed by atoms with Gasteiger partial charge in [-0.2, -0.15) is 0 Å². The van der Waals surface area contributed by atoms with Crippen molar-refractivity contribution >= 4 is 5.91 Å². The minimum Gasteiger partial charge on any atom is -0.394 e. The molecule has 0 heterocycles. The Morgan fingerprint density at radius 3 is 0.817 bits per heavy atom. The molecule has 0 radical (unpaired) electrons. The maximum absolute atomic E-state index is 12.5. The highest BCUT2D eigenvalue weighted by Gasteiger charge is 2.18. The first-order valence-corrected chi connectivity index (χ1v) is 32.7. The number of aliphatic hydroxyl groups is 2. The lowest BCUT2D eigenvalue weighted by molar-refractivity contribution is -0.123. The third kappa shape index (κ3) is 59.4. The Balaban J connectivity index is 3.48. The first kappa shape index (κ1) is 69.6. The molecule has 0 aliphatic heterocycles. The Morgan fingerprint density at radius 2 is 0.549 bits per heavy atom. The lowest BCUT2D eigenvalue weighted by Crippen LogP contribution is -2.45. The van der Waals surface area contributed by atoms with E-state index in [1.165, 1.54) is 308 Å². The van der Waals surface area contributed by atoms with Crippen molar-refractivity contribution in [2.24, 2.45) is 0 Å². The van der Waals surface area contributed by atoms with Gasteiger partial charge in [0.25, 0.3) is 0 Å². The number of hydrogen-bond donors (Lipinski definition) is 3. The summed E-state index contributed by atoms with van der Waals surface area (Å²) < 4.78 is 0. The predicted octanol–water partition coefficient (Wildman–Crippen LogP) is 22.0. The molecule has 3 N–H and O–H groups in total. The number of rotatable bonds is 61. The molecule has 0 aliphatic rings. The maximum Gasteiger partial charge on any atom is 0.220 e. The van der Waals surface area contributed by atoms with E-state index < -0.39 is 12.1 Å². The number of nitrogens with one attached hydrogen (secondary N) is 1. The zero-order valence-corrected chi connectivity index (χ0v) is 48.5. The van der Waals surface area contributed by atoms with Crippen LogP contribution in [0.5, 0.6) is 0 Å². The molecule has 1 amide bonds. The number of carbonyl (C=O) groups excluding carboxylic acids is 1. The fourth-order valence-corrected chi connectivity index (χ4v) is 10.4. The standard InChI is InChI=1S/C67H129NO3/c1-3-5-7-9-11-13-15-17-19-21-23-25-27-29-31-33-35-36-38-40-42-44-46-48-50-52-54-56-58-60-62-66(70)65(64-69)68-67(71)63-61-59-57-55-53-51-49-47-45-43-41-39-37-34-32-30-28-26-24-22-20-18-16-14-12-10-8-6-4-2/h44,46,52,54,60,62,65-66,69-70H,3-43,45,47-51,53,55-59,61,63-64H2,1-2H3,(H,68,71)/b46-44+,54-52+,62-60+. The van der Waals surface area contributed by atoms with Gasteiger partial charge in [-0.3, -0.25) is 4.79 Å². The zero-order chi connectivity index (χ0) is 51.3. The molecular formula is C67H129NO3. The van der Waals surface area contributed by atoms with E-state index in [1.54, 1.807) is 6.08 Å². The Morgan fingerprint density at radius 1 is 0.324 bits per heavy atom. The van der Waals surface area contributed by atoms with E-state index >= 15 is 0 Å². The smallest absolute Gasteiger partial charge is 0.220 e. The van der Waals surface area contributed by atoms with Crippen molar-refractivity contribution in [1.82, 2.24) is 5.32 Å². The first-order valence-electron chi connectivity index (χ1n) is 32.7. The summed E-state index contributed by atoms with van der Waals surface area (Å²) in [5.74, 6) is -0.0701. The van der Waals surface area contributed by atoms with Gasteiger partial charge in [0.2, 0.25) is 5.91 Å². The van der Waals surface area contributed by atoms with Crippen molar-refractivity contribution in [3.63, 3.8) is 0 Å². The molecule has 4 heteroatoms. The molecule has 0 spiro atoms. The molecule has 0 bridgehead atoms. The zero-order valence-electron chi connectivity index (χ0n) is 48.5. The van der Waals surface area contributed by atoms with Crippen LogP contribution in [-0.2, 0) is 4.79 Å². The summed E-state index contributed by atoms with van der Waals surface area (Å²) in [6.07, 6.45) is 86.5. The van der Waals surface area contributed by atoms with Crippen LogP contribution in [0.1, 0.15) is 367 Å². The topological polar surface area (TPSA) is 69.6 Å². The average molecular weight is 997 g/mol. The molecule has 0 saturated carbocycles. The monoisotopic (exact) mass is 996 g/mol. The summed E-state index contributed by atoms with van der Waals surface area (Å²) in [4.78, 5) is 12.5. The molecule has 71 heavy (non-hydrogen) atoms. The SMILES string of the molecule is CCCCCCCCCCCCCCCCCCCCCC/C=C/CC/C=C/CC/C=C/C(O)C(CO)NC(=O)CCCCCCCCCCCCCCCCCCCCCCCCCCCCCCC. The third-order valence-electron chi connectivity index (χ3n) is 15.4. The Hall–Kier alpha value is -1.39. The summed E-state index contributed by atoms with van der Waals surface area (Å²) in [5, 5.41) is 23.2. The Labute approximate surface area is 446 Å². The van der Waals surface area contributed by atoms with E-state index in [1.807, 2.05) is 6.08 Å². The molecule has 0 fully saturated rings. The van der Waals surface area contributed by atoms with Gasteiger partial charge >= 0.3 is 0 Å². The summed E-state index contributed by atoms with van der Waals surface area (Å²) in [6, 6.07) is -0.645. The molecule has 0 saturated heterocycles. The second kappa shape index (κ2) is 62.9. The van der Waals surface area contributed by atoms with Gasteiger partial charge in [0.1, 0.15) is 0 Å². The minimum atomic E-state index is -0.870. The summed E-state index contributed by atoms with van der Waals surface area (Å²) in [7, 11) is 0. The van der Waals surface area contributed by atoms with Crippen molar-refractivity contribution in [2.45, 2.75) is 379 Å². The third-order valence-corrected chi connectivity index (χ3v) is 15.4. The van der Waals surface area contributed by atoms with Gasteiger partial charge in [-0.25, -0.2) is 0 Å². The second-order valence-corrected chi connectivity index (χ2v) is 22.5. The summed E-state index contributed by atoms with van der Waals surface area (Å²) in [6.45, 7) is 4.34. The van der Waals surface area contributed by atoms with Gasteiger partial charge in [-0.15, -0.1) is 0 Å². The second-order valence-electron chi connectivity index (χ2n) is 22.5. The van der Waals surface area contributed by atoms with Crippen LogP contribution in [0.4, 0.5) is 0 Å². The molecule has 2 atom stereocenters. The van der Waals surface area contributed by atoms with Crippen molar-refractivity contribution in [3.8, 4) is 0 Å². The van der Waals surface area contributed by atoms with Gasteiger partial charge in [0, 0.05) is 6.42 Å². The number of allylic oxidation sites excluding steroid dienone is 5. The summed E-state index contributed by atoms with van der Waals surface area (Å²) in [5.41, 5.74) is 0. The van der Waals surface area contributed by atoms with Crippen molar-refractivity contribution < 1.29 is 15.0 Å². The van der Waals surface area contributed by atoms with Gasteiger partial charge in [-0.1, -0.05) is 352 Å². The number of aliphatic hydroxyl groups excluding tert-OH is 2. The van der Waals surface area contributed by atoms with Crippen LogP contribution in [0, 0.1) is 0 Å². The molecule has 0 aliphatic carbocycles. The van der Waals surface area contributed by atoms with E-state index in [2.05, 4.69) is 43.5 Å². The quantitative estimate of drug-likeness (QED) is 0.0420. The van der Waals surface area contributed by atoms with Crippen LogP contribution in [0.25, 0.3) is 0 Å². The van der Waals surface area contributed by atoms with Crippen LogP contribution >= 0.6 is 0 Å². The van der Waals surface area contributed by atoms with E-state index in [4.69, 9.17) is 0 Å². The van der Waals surface area contributed by atoms with E-state index in [0.29, 0.717) is 6.42 Å². The lowest BCUT2D eigenvalue weighted by atomic mass is 10.0. The largest absolute Gasteiger partial charge is 0.394 e. The first-order chi connectivity index (χ1) is 35.2. The summed E-state index contributed by atoms with van der Waals surface area (Å²) >= 11 is 0. The molecule has 2 unspecified atom stereocenters. The molecule has 0 aromatic carbocycles. The predicted molar refractivity (Wildman–Crippen MR) is 318 cm³/mol. The van der Waals surface area contributed by atoms with Crippen LogP contribution in [-0.4, -0.2) is 34.9 Å². The minimum absolute atomic E-state index is 0.0701. The number of unbranched alkanes of at least 4 members (excludes halogenated alkanes) is 50. The van der Waals surface area contributed by atoms with Gasteiger partial charge < -0.3 is 15.5 Å². The molecule has 420 valence electrons. The van der Waals surface area contributed by atoms with E-state index in [-0.39, 0.29) is 12.5 Å². The number of amides is 1. The molecule has 0 aromatic rings. The van der Waals surface area contributed by atoms with Crippen LogP contribution in [0.3, 0.4) is 0 Å². The molecule has 0 aromatic heterocycles. The molecule has 0 rings (SSSR count). The number of carbonyl (C=O) groups is 1. The number of hydrogen-bond acceptors (Lipinski definition) is 3.